The number of methoxy groups -OCH3 is 2. The van der Waals surface area contributed by atoms with Crippen LogP contribution in [0.3, 0.4) is 0 Å². The molecule has 3 aromatic rings. The summed E-state index contributed by atoms with van der Waals surface area (Å²) in [5, 5.41) is 24.2. The molecule has 14 nitrogen and oxygen atoms in total. The fourth-order valence-electron chi connectivity index (χ4n) is 3.40. The Kier molecular flexibility index (Phi) is 8.48. The highest BCUT2D eigenvalue weighted by molar-refractivity contribution is 7.18. The number of anilines is 3. The molecular weight excluding hydrogens is 506 g/mol. The number of carboxylic acids is 1. The van der Waals surface area contributed by atoms with E-state index in [4.69, 9.17) is 29.3 Å². The van der Waals surface area contributed by atoms with Crippen molar-refractivity contribution in [1.29, 1.82) is 0 Å². The van der Waals surface area contributed by atoms with Crippen molar-refractivity contribution in [3.8, 4) is 17.5 Å². The van der Waals surface area contributed by atoms with Crippen LogP contribution in [0.2, 0.25) is 0 Å². The summed E-state index contributed by atoms with van der Waals surface area (Å²) in [4.78, 5) is 30.7. The number of rotatable bonds is 11. The Morgan fingerprint density at radius 2 is 1.97 bits per heavy atom. The minimum Gasteiger partial charge on any atom is -0.493 e. The van der Waals surface area contributed by atoms with E-state index in [-0.39, 0.29) is 23.4 Å². The molecule has 0 atom stereocenters. The zero-order chi connectivity index (χ0) is 26.2. The van der Waals surface area contributed by atoms with Crippen LogP contribution in [-0.4, -0.2) is 89.1 Å². The number of benzene rings is 1. The first-order valence-electron chi connectivity index (χ1n) is 11.1. The third kappa shape index (κ3) is 6.50. The number of hydrogen-bond acceptors (Lipinski definition) is 14. The van der Waals surface area contributed by atoms with Crippen molar-refractivity contribution < 1.29 is 34.1 Å². The highest BCUT2D eigenvalue weighted by Crippen LogP contribution is 2.28. The van der Waals surface area contributed by atoms with Crippen LogP contribution < -0.4 is 24.4 Å². The number of ether oxygens (including phenoxy) is 4. The fraction of sp³-hybridized carbons (Fsp3) is 0.364. The summed E-state index contributed by atoms with van der Waals surface area (Å²) in [6.45, 7) is 2.57. The Morgan fingerprint density at radius 1 is 1.19 bits per heavy atom. The number of hydrogen-bond donors (Lipinski definition) is 3. The molecule has 15 heteroatoms. The van der Waals surface area contributed by atoms with Crippen LogP contribution in [0.1, 0.15) is 10.4 Å². The van der Waals surface area contributed by atoms with Gasteiger partial charge in [0.15, 0.2) is 16.6 Å². The van der Waals surface area contributed by atoms with Gasteiger partial charge in [-0.25, -0.2) is 9.78 Å². The van der Waals surface area contributed by atoms with E-state index in [1.54, 1.807) is 14.2 Å². The van der Waals surface area contributed by atoms with Gasteiger partial charge >= 0.3 is 12.0 Å². The maximum Gasteiger partial charge on any atom is 0.359 e. The number of carboxylic acid groups (broad SMARTS) is 1. The van der Waals surface area contributed by atoms with Crippen molar-refractivity contribution in [2.24, 2.45) is 5.16 Å². The molecule has 1 aliphatic heterocycles. The van der Waals surface area contributed by atoms with E-state index in [2.05, 4.69) is 30.4 Å². The standard InChI is InChI=1S/C22H25N7O7S/c1-33-14-4-3-13(11-15(14)34-2)5-8-36-21-25-19(24-20(27-21)29-6-9-35-10-7-29)26-22-23-12-16(37-22)17(28-32)18(30)31/h3-4,11-12,32H,5-10H2,1-2H3,(H,30,31)(H,23,24,25,26,27)/b28-17-. The molecule has 0 unspecified atom stereocenters. The first-order valence-corrected chi connectivity index (χ1v) is 11.9. The molecule has 1 fully saturated rings. The summed E-state index contributed by atoms with van der Waals surface area (Å²) in [5.41, 5.74) is 0.461. The van der Waals surface area contributed by atoms with Gasteiger partial charge in [0, 0.05) is 19.5 Å². The monoisotopic (exact) mass is 531 g/mol. The lowest BCUT2D eigenvalue weighted by atomic mass is 10.1. The summed E-state index contributed by atoms with van der Waals surface area (Å²) in [6.07, 6.45) is 1.84. The normalized spacial score (nSPS) is 13.8. The lowest BCUT2D eigenvalue weighted by Crippen LogP contribution is -2.37. The maximum absolute atomic E-state index is 11.2. The Balaban J connectivity index is 1.51. The molecule has 3 N–H and O–H groups in total. The second kappa shape index (κ2) is 12.1. The van der Waals surface area contributed by atoms with Crippen molar-refractivity contribution in [3.05, 3.63) is 34.8 Å². The number of aliphatic carboxylic acids is 1. The molecule has 37 heavy (non-hydrogen) atoms. The number of carbonyl (C=O) groups is 1. The van der Waals surface area contributed by atoms with Crippen LogP contribution in [-0.2, 0) is 16.0 Å². The van der Waals surface area contributed by atoms with Gasteiger partial charge in [0.1, 0.15) is 0 Å². The van der Waals surface area contributed by atoms with Crippen molar-refractivity contribution in [2.45, 2.75) is 6.42 Å². The number of oxime groups is 1. The predicted octanol–water partition coefficient (Wildman–Crippen LogP) is 1.81. The predicted molar refractivity (Wildman–Crippen MR) is 133 cm³/mol. The average Bonchev–Trinajstić information content (AvgIpc) is 3.36. The van der Waals surface area contributed by atoms with Crippen LogP contribution in [0.25, 0.3) is 0 Å². The molecule has 1 saturated heterocycles. The summed E-state index contributed by atoms with van der Waals surface area (Å²) < 4.78 is 21.9. The average molecular weight is 532 g/mol. The Labute approximate surface area is 215 Å². The molecule has 0 radical (unpaired) electrons. The summed E-state index contributed by atoms with van der Waals surface area (Å²) >= 11 is 0.967. The summed E-state index contributed by atoms with van der Waals surface area (Å²) in [5.74, 6) is 0.457. The second-order valence-corrected chi connectivity index (χ2v) is 8.57. The Hall–Kier alpha value is -4.24. The van der Waals surface area contributed by atoms with Gasteiger partial charge in [-0.3, -0.25) is 5.32 Å². The molecule has 4 rings (SSSR count). The van der Waals surface area contributed by atoms with Gasteiger partial charge in [-0.05, 0) is 17.7 Å². The topological polar surface area (TPSA) is 174 Å². The first-order chi connectivity index (χ1) is 18.0. The highest BCUT2D eigenvalue weighted by Gasteiger charge is 2.20. The largest absolute Gasteiger partial charge is 0.493 e. The molecule has 196 valence electrons. The number of aromatic nitrogens is 4. The van der Waals surface area contributed by atoms with E-state index in [1.165, 1.54) is 6.20 Å². The zero-order valence-corrected chi connectivity index (χ0v) is 20.9. The zero-order valence-electron chi connectivity index (χ0n) is 20.1. The first kappa shape index (κ1) is 25.8. The van der Waals surface area contributed by atoms with Crippen molar-refractivity contribution in [1.82, 2.24) is 19.9 Å². The van der Waals surface area contributed by atoms with Gasteiger partial charge in [-0.15, -0.1) is 0 Å². The summed E-state index contributed by atoms with van der Waals surface area (Å²) in [6, 6.07) is 5.74. The molecule has 0 spiro atoms. The minimum atomic E-state index is -1.38. The van der Waals surface area contributed by atoms with Gasteiger partial charge in [-0.1, -0.05) is 22.6 Å². The van der Waals surface area contributed by atoms with Gasteiger partial charge in [-0.2, -0.15) is 15.0 Å². The molecule has 0 bridgehead atoms. The highest BCUT2D eigenvalue weighted by atomic mass is 32.1. The van der Waals surface area contributed by atoms with Gasteiger partial charge in [0.2, 0.25) is 17.6 Å². The van der Waals surface area contributed by atoms with Crippen LogP contribution >= 0.6 is 11.3 Å². The molecular formula is C22H25N7O7S. The molecule has 0 saturated carbocycles. The van der Waals surface area contributed by atoms with E-state index < -0.39 is 11.7 Å². The lowest BCUT2D eigenvalue weighted by molar-refractivity contribution is -0.129. The fourth-order valence-corrected chi connectivity index (χ4v) is 4.19. The summed E-state index contributed by atoms with van der Waals surface area (Å²) in [7, 11) is 3.16. The number of morpholine rings is 1. The van der Waals surface area contributed by atoms with Crippen LogP contribution in [0.4, 0.5) is 17.0 Å². The molecule has 2 aromatic heterocycles. The van der Waals surface area contributed by atoms with Gasteiger partial charge < -0.3 is 34.2 Å². The molecule has 1 aromatic carbocycles. The minimum absolute atomic E-state index is 0.111. The van der Waals surface area contributed by atoms with E-state index in [0.717, 1.165) is 16.9 Å². The SMILES string of the molecule is COc1ccc(CCOc2nc(Nc3ncc(/C(=N/O)C(=O)O)s3)nc(N3CCOCC3)n2)cc1OC. The number of nitrogens with one attached hydrogen (secondary N) is 1. The second-order valence-electron chi connectivity index (χ2n) is 7.54. The molecule has 3 heterocycles. The van der Waals surface area contributed by atoms with Crippen LogP contribution in [0.5, 0.6) is 17.5 Å². The van der Waals surface area contributed by atoms with E-state index >= 15 is 0 Å². The third-order valence-corrected chi connectivity index (χ3v) is 6.15. The number of thiazole rings is 1. The molecule has 0 amide bonds. The van der Waals surface area contributed by atoms with Crippen LogP contribution in [0.15, 0.2) is 29.6 Å². The lowest BCUT2D eigenvalue weighted by Gasteiger charge is -2.26. The van der Waals surface area contributed by atoms with E-state index in [1.807, 2.05) is 23.1 Å². The van der Waals surface area contributed by atoms with E-state index in [0.29, 0.717) is 55.3 Å². The van der Waals surface area contributed by atoms with Crippen molar-refractivity contribution in [2.75, 3.05) is 57.3 Å². The maximum atomic E-state index is 11.2. The molecule has 1 aliphatic rings. The number of nitrogens with zero attached hydrogens (tertiary/aromatic N) is 6. The van der Waals surface area contributed by atoms with E-state index in [9.17, 15) is 4.79 Å². The smallest absolute Gasteiger partial charge is 0.359 e. The Bertz CT molecular complexity index is 1260. The molecule has 0 aliphatic carbocycles. The van der Waals surface area contributed by atoms with Crippen LogP contribution in [0, 0.1) is 0 Å². The van der Waals surface area contributed by atoms with Crippen molar-refractivity contribution in [3.63, 3.8) is 0 Å². The quantitative estimate of drug-likeness (QED) is 0.186. The Morgan fingerprint density at radius 3 is 2.68 bits per heavy atom. The van der Waals surface area contributed by atoms with Gasteiger partial charge in [0.25, 0.3) is 0 Å². The third-order valence-electron chi connectivity index (χ3n) is 5.23. The van der Waals surface area contributed by atoms with Crippen molar-refractivity contribution >= 4 is 40.0 Å². The van der Waals surface area contributed by atoms with Gasteiger partial charge in [0.05, 0.1) is 45.1 Å².